The molecule has 5 rings (SSSR count). The summed E-state index contributed by atoms with van der Waals surface area (Å²) in [6, 6.07) is 32.0. The number of benzene rings is 4. The summed E-state index contributed by atoms with van der Waals surface area (Å²) in [4.78, 5) is 9.70. The highest BCUT2D eigenvalue weighted by molar-refractivity contribution is 6.21. The number of nitrogens with two attached hydrogens (primary N) is 1. The van der Waals surface area contributed by atoms with E-state index in [1.54, 1.807) is 0 Å². The van der Waals surface area contributed by atoms with E-state index in [1.807, 2.05) is 78.9 Å². The number of rotatable bonds is 4. The highest BCUT2D eigenvalue weighted by Gasteiger charge is 2.16. The Bertz CT molecular complexity index is 1450. The van der Waals surface area contributed by atoms with Crippen LogP contribution in [0.15, 0.2) is 111 Å². The number of nitrogens with zero attached hydrogens (tertiary/aromatic N) is 2. The van der Waals surface area contributed by atoms with Crippen LogP contribution < -0.4 is 5.73 Å². The lowest BCUT2D eigenvalue weighted by molar-refractivity contribution is 0.669. The van der Waals surface area contributed by atoms with Crippen LogP contribution in [-0.2, 0) is 6.54 Å². The SMILES string of the molecule is Cc1cccc2oc3cccc(C(N=C(N)c4ccccc4)=NCc4ccccc4)c3c12. The molecule has 0 aliphatic heterocycles. The molecule has 1 heterocycles. The number of aliphatic imine (C=N–C) groups is 2. The van der Waals surface area contributed by atoms with Crippen molar-refractivity contribution in [3.8, 4) is 0 Å². The van der Waals surface area contributed by atoms with Crippen molar-refractivity contribution in [2.75, 3.05) is 0 Å². The molecule has 4 nitrogen and oxygen atoms in total. The van der Waals surface area contributed by atoms with Gasteiger partial charge in [-0.1, -0.05) is 84.9 Å². The number of aryl methyl sites for hydroxylation is 1. The molecule has 0 fully saturated rings. The molecule has 0 saturated heterocycles. The summed E-state index contributed by atoms with van der Waals surface area (Å²) in [6.45, 7) is 2.60. The van der Waals surface area contributed by atoms with Crippen LogP contribution in [0.5, 0.6) is 0 Å². The number of fused-ring (bicyclic) bond motifs is 3. The third-order valence-corrected chi connectivity index (χ3v) is 5.52. The number of hydrogen-bond acceptors (Lipinski definition) is 2. The Morgan fingerprint density at radius 1 is 0.750 bits per heavy atom. The quantitative estimate of drug-likeness (QED) is 0.278. The van der Waals surface area contributed by atoms with Gasteiger partial charge in [-0.25, -0.2) is 4.99 Å². The predicted octanol–water partition coefficient (Wildman–Crippen LogP) is 6.25. The second kappa shape index (κ2) is 8.52. The zero-order valence-electron chi connectivity index (χ0n) is 17.8. The van der Waals surface area contributed by atoms with Gasteiger partial charge in [0, 0.05) is 21.9 Å². The van der Waals surface area contributed by atoms with Gasteiger partial charge in [0.2, 0.25) is 0 Å². The molecule has 0 aliphatic rings. The molecule has 2 N–H and O–H groups in total. The maximum atomic E-state index is 6.41. The van der Waals surface area contributed by atoms with Crippen LogP contribution in [-0.4, -0.2) is 11.7 Å². The summed E-state index contributed by atoms with van der Waals surface area (Å²) < 4.78 is 6.14. The molecule has 0 atom stereocenters. The van der Waals surface area contributed by atoms with Crippen molar-refractivity contribution < 1.29 is 4.42 Å². The Labute approximate surface area is 186 Å². The molecule has 0 bridgehead atoms. The van der Waals surface area contributed by atoms with Gasteiger partial charge < -0.3 is 10.2 Å². The first-order valence-electron chi connectivity index (χ1n) is 10.6. The second-order valence-corrected chi connectivity index (χ2v) is 7.72. The van der Waals surface area contributed by atoms with Crippen LogP contribution in [0.4, 0.5) is 0 Å². The third-order valence-electron chi connectivity index (χ3n) is 5.52. The minimum Gasteiger partial charge on any atom is -0.456 e. The van der Waals surface area contributed by atoms with Gasteiger partial charge in [-0.15, -0.1) is 0 Å². The van der Waals surface area contributed by atoms with Gasteiger partial charge in [-0.2, -0.15) is 0 Å². The van der Waals surface area contributed by atoms with Crippen LogP contribution in [0.1, 0.15) is 22.3 Å². The van der Waals surface area contributed by atoms with E-state index in [9.17, 15) is 0 Å². The Balaban J connectivity index is 1.72. The summed E-state index contributed by atoms with van der Waals surface area (Å²) in [7, 11) is 0. The highest BCUT2D eigenvalue weighted by atomic mass is 16.3. The first-order valence-corrected chi connectivity index (χ1v) is 10.6. The van der Waals surface area contributed by atoms with E-state index in [4.69, 9.17) is 20.1 Å². The summed E-state index contributed by atoms with van der Waals surface area (Å²) in [5, 5.41) is 2.09. The normalized spacial score (nSPS) is 12.5. The maximum Gasteiger partial charge on any atom is 0.158 e. The minimum atomic E-state index is 0.430. The van der Waals surface area contributed by atoms with Gasteiger partial charge in [-0.05, 0) is 30.2 Å². The van der Waals surface area contributed by atoms with Gasteiger partial charge in [0.25, 0.3) is 0 Å². The van der Waals surface area contributed by atoms with Gasteiger partial charge in [0.1, 0.15) is 17.0 Å². The highest BCUT2D eigenvalue weighted by Crippen LogP contribution is 2.34. The van der Waals surface area contributed by atoms with Crippen molar-refractivity contribution in [3.63, 3.8) is 0 Å². The zero-order chi connectivity index (χ0) is 21.9. The van der Waals surface area contributed by atoms with Crippen LogP contribution >= 0.6 is 0 Å². The molecular weight excluding hydrogens is 394 g/mol. The first-order chi connectivity index (χ1) is 15.7. The van der Waals surface area contributed by atoms with Crippen molar-refractivity contribution in [1.82, 2.24) is 0 Å². The fourth-order valence-corrected chi connectivity index (χ4v) is 3.94. The molecule has 0 unspecified atom stereocenters. The Morgan fingerprint density at radius 2 is 1.41 bits per heavy atom. The molecule has 4 aromatic carbocycles. The molecular formula is C28H23N3O. The molecule has 0 saturated carbocycles. The smallest absolute Gasteiger partial charge is 0.158 e. The van der Waals surface area contributed by atoms with Crippen molar-refractivity contribution in [2.24, 2.45) is 15.7 Å². The van der Waals surface area contributed by atoms with Crippen LogP contribution in [0.25, 0.3) is 21.9 Å². The van der Waals surface area contributed by atoms with Gasteiger partial charge in [-0.3, -0.25) is 4.99 Å². The summed E-state index contributed by atoms with van der Waals surface area (Å²) in [5.74, 6) is 1.02. The molecule has 156 valence electrons. The van der Waals surface area contributed by atoms with Crippen LogP contribution in [0, 0.1) is 6.92 Å². The largest absolute Gasteiger partial charge is 0.456 e. The lowest BCUT2D eigenvalue weighted by Gasteiger charge is -2.08. The van der Waals surface area contributed by atoms with Gasteiger partial charge in [0.05, 0.1) is 6.54 Å². The van der Waals surface area contributed by atoms with Crippen molar-refractivity contribution in [1.29, 1.82) is 0 Å². The average molecular weight is 418 g/mol. The molecule has 32 heavy (non-hydrogen) atoms. The van der Waals surface area contributed by atoms with E-state index in [1.165, 1.54) is 0 Å². The standard InChI is InChI=1S/C28H23N3O/c1-19-10-8-16-23-25(19)26-22(15-9-17-24(26)32-23)28(30-18-20-11-4-2-5-12-20)31-27(29)21-13-6-3-7-14-21/h2-17H,18H2,1H3,(H2,29,30,31). The predicted molar refractivity (Wildman–Crippen MR) is 132 cm³/mol. The number of furan rings is 1. The maximum absolute atomic E-state index is 6.41. The molecule has 1 aromatic heterocycles. The lowest BCUT2D eigenvalue weighted by atomic mass is 10.0. The monoisotopic (exact) mass is 417 g/mol. The van der Waals surface area contributed by atoms with E-state index in [0.717, 1.165) is 44.2 Å². The second-order valence-electron chi connectivity index (χ2n) is 7.72. The van der Waals surface area contributed by atoms with Crippen LogP contribution in [0.3, 0.4) is 0 Å². The van der Waals surface area contributed by atoms with E-state index >= 15 is 0 Å². The summed E-state index contributed by atoms with van der Waals surface area (Å²) in [6.07, 6.45) is 0. The van der Waals surface area contributed by atoms with E-state index < -0.39 is 0 Å². The molecule has 0 amide bonds. The molecule has 0 radical (unpaired) electrons. The fraction of sp³-hybridized carbons (Fsp3) is 0.0714. The summed E-state index contributed by atoms with van der Waals surface area (Å²) >= 11 is 0. The van der Waals surface area contributed by atoms with E-state index in [-0.39, 0.29) is 0 Å². The van der Waals surface area contributed by atoms with Gasteiger partial charge in [0.15, 0.2) is 5.84 Å². The molecule has 0 spiro atoms. The topological polar surface area (TPSA) is 63.9 Å². The fourth-order valence-electron chi connectivity index (χ4n) is 3.94. The van der Waals surface area contributed by atoms with Crippen molar-refractivity contribution in [2.45, 2.75) is 13.5 Å². The van der Waals surface area contributed by atoms with Crippen molar-refractivity contribution in [3.05, 3.63) is 119 Å². The Hall–Kier alpha value is -4.18. The van der Waals surface area contributed by atoms with Crippen molar-refractivity contribution >= 4 is 33.6 Å². The molecule has 0 aliphatic carbocycles. The summed E-state index contributed by atoms with van der Waals surface area (Å²) in [5.41, 5.74) is 12.1. The lowest BCUT2D eigenvalue weighted by Crippen LogP contribution is -2.16. The first kappa shape index (κ1) is 19.8. The Kier molecular flexibility index (Phi) is 5.26. The third kappa shape index (κ3) is 3.79. The van der Waals surface area contributed by atoms with E-state index in [2.05, 4.69) is 25.1 Å². The number of amidine groups is 2. The Morgan fingerprint density at radius 3 is 2.16 bits per heavy atom. The zero-order valence-corrected chi connectivity index (χ0v) is 17.8. The molecule has 4 heteroatoms. The number of hydrogen-bond donors (Lipinski definition) is 1. The van der Waals surface area contributed by atoms with Gasteiger partial charge >= 0.3 is 0 Å². The van der Waals surface area contributed by atoms with Crippen LogP contribution in [0.2, 0.25) is 0 Å². The average Bonchev–Trinajstić information content (AvgIpc) is 3.23. The minimum absolute atomic E-state index is 0.430. The van der Waals surface area contributed by atoms with E-state index in [0.29, 0.717) is 18.2 Å². The molecule has 5 aromatic rings.